The lowest BCUT2D eigenvalue weighted by atomic mass is 9.91. The van der Waals surface area contributed by atoms with E-state index in [9.17, 15) is 5.11 Å². The number of piperidine rings is 1. The van der Waals surface area contributed by atoms with Gasteiger partial charge in [-0.2, -0.15) is 0 Å². The van der Waals surface area contributed by atoms with Gasteiger partial charge in [0.1, 0.15) is 0 Å². The molecule has 2 rings (SSSR count). The van der Waals surface area contributed by atoms with Crippen LogP contribution in [0.2, 0.25) is 0 Å². The minimum absolute atomic E-state index is 0.348. The van der Waals surface area contributed by atoms with Crippen molar-refractivity contribution in [3.05, 3.63) is 0 Å². The molecule has 3 nitrogen and oxygen atoms in total. The molecular weight excluding hydrogens is 236 g/mol. The van der Waals surface area contributed by atoms with E-state index in [1.807, 2.05) is 0 Å². The summed E-state index contributed by atoms with van der Waals surface area (Å²) in [5.74, 6) is 2.45. The molecule has 1 saturated carbocycles. The predicted octanol–water partition coefficient (Wildman–Crippen LogP) is 2.10. The summed E-state index contributed by atoms with van der Waals surface area (Å²) in [4.78, 5) is 2.65. The van der Waals surface area contributed by atoms with Crippen LogP contribution in [0.4, 0.5) is 0 Å². The van der Waals surface area contributed by atoms with E-state index in [0.717, 1.165) is 24.8 Å². The molecule has 0 aromatic carbocycles. The van der Waals surface area contributed by atoms with Crippen molar-refractivity contribution in [3.8, 4) is 0 Å². The van der Waals surface area contributed by atoms with Crippen molar-refractivity contribution in [1.82, 2.24) is 10.2 Å². The van der Waals surface area contributed by atoms with Crippen LogP contribution in [0.1, 0.15) is 46.0 Å². The van der Waals surface area contributed by atoms with Gasteiger partial charge in [0.2, 0.25) is 0 Å². The van der Waals surface area contributed by atoms with E-state index in [-0.39, 0.29) is 0 Å². The Morgan fingerprint density at radius 3 is 2.63 bits per heavy atom. The molecule has 1 saturated heterocycles. The third-order valence-electron chi connectivity index (χ3n) is 4.52. The van der Waals surface area contributed by atoms with Crippen molar-refractivity contribution in [1.29, 1.82) is 0 Å². The smallest absolute Gasteiger partial charge is 0.0434 e. The number of hydrogen-bond acceptors (Lipinski definition) is 3. The quantitative estimate of drug-likeness (QED) is 0.708. The molecule has 3 heteroatoms. The Bertz CT molecular complexity index is 253. The third kappa shape index (κ3) is 5.80. The average Bonchev–Trinajstić information content (AvgIpc) is 3.12. The van der Waals surface area contributed by atoms with Crippen molar-refractivity contribution in [3.63, 3.8) is 0 Å². The Hall–Kier alpha value is -0.120. The van der Waals surface area contributed by atoms with E-state index in [0.29, 0.717) is 18.6 Å². The Morgan fingerprint density at radius 2 is 2.00 bits per heavy atom. The van der Waals surface area contributed by atoms with E-state index in [1.165, 1.54) is 45.3 Å². The second-order valence-corrected chi connectivity index (χ2v) is 7.11. The molecule has 2 N–H and O–H groups in total. The highest BCUT2D eigenvalue weighted by Crippen LogP contribution is 2.31. The van der Waals surface area contributed by atoms with Gasteiger partial charge in [0.25, 0.3) is 0 Å². The van der Waals surface area contributed by atoms with Crippen molar-refractivity contribution < 1.29 is 5.11 Å². The van der Waals surface area contributed by atoms with E-state index in [1.54, 1.807) is 0 Å². The van der Waals surface area contributed by atoms with Crippen LogP contribution in [0.5, 0.6) is 0 Å². The number of aliphatic hydroxyl groups excluding tert-OH is 1. The van der Waals surface area contributed by atoms with Gasteiger partial charge in [-0.3, -0.25) is 0 Å². The lowest BCUT2D eigenvalue weighted by Crippen LogP contribution is -2.50. The molecule has 0 amide bonds. The Kier molecular flexibility index (Phi) is 6.11. The molecule has 0 spiro atoms. The Balaban J connectivity index is 1.75. The summed E-state index contributed by atoms with van der Waals surface area (Å²) in [7, 11) is 0. The summed E-state index contributed by atoms with van der Waals surface area (Å²) in [6, 6.07) is 0.641. The SMILES string of the molecule is CC(C)CCNC1CC(CCO)CN(CC2CC2)C1. The van der Waals surface area contributed by atoms with E-state index >= 15 is 0 Å². The van der Waals surface area contributed by atoms with Crippen molar-refractivity contribution in [2.45, 2.75) is 52.0 Å². The Morgan fingerprint density at radius 1 is 1.21 bits per heavy atom. The van der Waals surface area contributed by atoms with Gasteiger partial charge < -0.3 is 15.3 Å². The molecule has 2 aliphatic rings. The predicted molar refractivity (Wildman–Crippen MR) is 80.2 cm³/mol. The maximum Gasteiger partial charge on any atom is 0.0434 e. The number of nitrogens with one attached hydrogen (secondary N) is 1. The topological polar surface area (TPSA) is 35.5 Å². The first kappa shape index (κ1) is 15.3. The monoisotopic (exact) mass is 268 g/mol. The highest BCUT2D eigenvalue weighted by molar-refractivity contribution is 4.87. The fourth-order valence-corrected chi connectivity index (χ4v) is 3.23. The summed E-state index contributed by atoms with van der Waals surface area (Å²) in [5, 5.41) is 12.9. The van der Waals surface area contributed by atoms with Crippen LogP contribution in [0.3, 0.4) is 0 Å². The summed E-state index contributed by atoms with van der Waals surface area (Å²) in [6.07, 6.45) is 6.37. The average molecular weight is 268 g/mol. The molecule has 112 valence electrons. The normalized spacial score (nSPS) is 29.1. The van der Waals surface area contributed by atoms with Crippen molar-refractivity contribution in [2.24, 2.45) is 17.8 Å². The molecule has 1 aliphatic heterocycles. The number of hydrogen-bond donors (Lipinski definition) is 2. The van der Waals surface area contributed by atoms with Gasteiger partial charge in [-0.25, -0.2) is 0 Å². The molecule has 0 aromatic heterocycles. The molecule has 2 unspecified atom stereocenters. The minimum Gasteiger partial charge on any atom is -0.396 e. The first-order chi connectivity index (χ1) is 9.17. The lowest BCUT2D eigenvalue weighted by Gasteiger charge is -2.38. The maximum atomic E-state index is 9.20. The largest absolute Gasteiger partial charge is 0.396 e. The van der Waals surface area contributed by atoms with Crippen molar-refractivity contribution in [2.75, 3.05) is 32.8 Å². The number of aliphatic hydroxyl groups is 1. The van der Waals surface area contributed by atoms with Gasteiger partial charge in [-0.05, 0) is 56.4 Å². The van der Waals surface area contributed by atoms with Gasteiger partial charge in [-0.1, -0.05) is 13.8 Å². The number of rotatable bonds is 8. The van der Waals surface area contributed by atoms with E-state index < -0.39 is 0 Å². The van der Waals surface area contributed by atoms with Crippen LogP contribution in [0.15, 0.2) is 0 Å². The highest BCUT2D eigenvalue weighted by Gasteiger charge is 2.30. The molecule has 19 heavy (non-hydrogen) atoms. The van der Waals surface area contributed by atoms with Gasteiger partial charge in [0, 0.05) is 32.3 Å². The minimum atomic E-state index is 0.348. The Labute approximate surface area is 118 Å². The van der Waals surface area contributed by atoms with Crippen LogP contribution < -0.4 is 5.32 Å². The van der Waals surface area contributed by atoms with Gasteiger partial charge in [0.05, 0.1) is 0 Å². The summed E-state index contributed by atoms with van der Waals surface area (Å²) in [6.45, 7) is 9.79. The van der Waals surface area contributed by atoms with E-state index in [4.69, 9.17) is 0 Å². The molecule has 0 radical (unpaired) electrons. The summed E-state index contributed by atoms with van der Waals surface area (Å²) < 4.78 is 0. The van der Waals surface area contributed by atoms with Crippen LogP contribution in [-0.4, -0.2) is 48.8 Å². The zero-order chi connectivity index (χ0) is 13.7. The van der Waals surface area contributed by atoms with Crippen molar-refractivity contribution >= 4 is 0 Å². The van der Waals surface area contributed by atoms with Gasteiger partial charge >= 0.3 is 0 Å². The fourth-order valence-electron chi connectivity index (χ4n) is 3.23. The first-order valence-corrected chi connectivity index (χ1v) is 8.24. The second-order valence-electron chi connectivity index (χ2n) is 7.11. The second kappa shape index (κ2) is 7.61. The molecule has 0 bridgehead atoms. The maximum absolute atomic E-state index is 9.20. The van der Waals surface area contributed by atoms with E-state index in [2.05, 4.69) is 24.1 Å². The number of nitrogens with zero attached hydrogens (tertiary/aromatic N) is 1. The van der Waals surface area contributed by atoms with Crippen LogP contribution >= 0.6 is 0 Å². The van der Waals surface area contributed by atoms with Crippen LogP contribution in [0, 0.1) is 17.8 Å². The molecule has 2 atom stereocenters. The lowest BCUT2D eigenvalue weighted by molar-refractivity contribution is 0.116. The zero-order valence-corrected chi connectivity index (χ0v) is 12.8. The molecule has 2 fully saturated rings. The van der Waals surface area contributed by atoms with Gasteiger partial charge in [-0.15, -0.1) is 0 Å². The zero-order valence-electron chi connectivity index (χ0n) is 12.8. The number of likely N-dealkylation sites (tertiary alicyclic amines) is 1. The summed E-state index contributed by atoms with van der Waals surface area (Å²) in [5.41, 5.74) is 0. The molecule has 1 aliphatic carbocycles. The third-order valence-corrected chi connectivity index (χ3v) is 4.52. The van der Waals surface area contributed by atoms with Crippen LogP contribution in [0.25, 0.3) is 0 Å². The standard InChI is InChI=1S/C16H32N2O/c1-13(2)5-7-17-16-9-15(6-8-19)11-18(12-16)10-14-3-4-14/h13-17,19H,3-12H2,1-2H3. The molecule has 1 heterocycles. The first-order valence-electron chi connectivity index (χ1n) is 8.24. The molecule has 0 aromatic rings. The summed E-state index contributed by atoms with van der Waals surface area (Å²) >= 11 is 0. The van der Waals surface area contributed by atoms with Gasteiger partial charge in [0.15, 0.2) is 0 Å². The highest BCUT2D eigenvalue weighted by atomic mass is 16.3. The van der Waals surface area contributed by atoms with Crippen LogP contribution in [-0.2, 0) is 0 Å². The fraction of sp³-hybridized carbons (Fsp3) is 1.00. The molecular formula is C16H32N2O.